The summed E-state index contributed by atoms with van der Waals surface area (Å²) >= 11 is 0. The number of nitrogens with one attached hydrogen (secondary N) is 2. The number of anilines is 1. The lowest BCUT2D eigenvalue weighted by Crippen LogP contribution is -2.25. The molecule has 0 unspecified atom stereocenters. The van der Waals surface area contributed by atoms with Gasteiger partial charge in [0.25, 0.3) is 0 Å². The van der Waals surface area contributed by atoms with Crippen LogP contribution in [0.2, 0.25) is 0 Å². The van der Waals surface area contributed by atoms with Crippen LogP contribution in [0.25, 0.3) is 0 Å². The van der Waals surface area contributed by atoms with Gasteiger partial charge < -0.3 is 5.32 Å². The van der Waals surface area contributed by atoms with Crippen LogP contribution in [-0.2, 0) is 10.0 Å². The molecule has 0 aromatic heterocycles. The van der Waals surface area contributed by atoms with Crippen molar-refractivity contribution >= 4 is 15.7 Å². The first-order valence-corrected chi connectivity index (χ1v) is 7.43. The zero-order valence-electron chi connectivity index (χ0n) is 10.5. The Morgan fingerprint density at radius 3 is 2.60 bits per heavy atom. The summed E-state index contributed by atoms with van der Waals surface area (Å²) in [6.45, 7) is 0. The molecular formula is C13H12N4O2S. The Labute approximate surface area is 117 Å². The highest BCUT2D eigenvalue weighted by molar-refractivity contribution is 7.89. The summed E-state index contributed by atoms with van der Waals surface area (Å²) in [5.74, 6) is 0. The van der Waals surface area contributed by atoms with E-state index >= 15 is 0 Å². The van der Waals surface area contributed by atoms with E-state index in [4.69, 9.17) is 10.5 Å². The van der Waals surface area contributed by atoms with E-state index in [1.807, 2.05) is 0 Å². The second kappa shape index (κ2) is 5.74. The summed E-state index contributed by atoms with van der Waals surface area (Å²) in [6.07, 6.45) is 2.97. The summed E-state index contributed by atoms with van der Waals surface area (Å²) in [4.78, 5) is 0.151. The van der Waals surface area contributed by atoms with Gasteiger partial charge in [0.2, 0.25) is 10.0 Å². The predicted octanol–water partition coefficient (Wildman–Crippen LogP) is 1.47. The largest absolute Gasteiger partial charge is 0.360 e. The van der Waals surface area contributed by atoms with Crippen molar-refractivity contribution in [3.05, 3.63) is 36.0 Å². The Morgan fingerprint density at radius 2 is 2.00 bits per heavy atom. The Hall–Kier alpha value is -2.35. The van der Waals surface area contributed by atoms with Crippen molar-refractivity contribution in [2.75, 3.05) is 5.32 Å². The minimum absolute atomic E-state index is 0.0419. The lowest BCUT2D eigenvalue weighted by atomic mass is 10.3. The van der Waals surface area contributed by atoms with E-state index in [1.165, 1.54) is 18.3 Å². The molecule has 0 aliphatic heterocycles. The molecule has 6 nitrogen and oxygen atoms in total. The fourth-order valence-corrected chi connectivity index (χ4v) is 2.84. The van der Waals surface area contributed by atoms with Crippen molar-refractivity contribution in [2.24, 2.45) is 0 Å². The maximum absolute atomic E-state index is 12.0. The van der Waals surface area contributed by atoms with Crippen molar-refractivity contribution in [3.8, 4) is 12.1 Å². The molecule has 2 rings (SSSR count). The Kier molecular flexibility index (Phi) is 4.04. The summed E-state index contributed by atoms with van der Waals surface area (Å²) in [5, 5.41) is 19.9. The van der Waals surface area contributed by atoms with E-state index in [0.29, 0.717) is 5.69 Å². The minimum atomic E-state index is -3.51. The van der Waals surface area contributed by atoms with Gasteiger partial charge in [-0.1, -0.05) is 6.07 Å². The van der Waals surface area contributed by atoms with E-state index in [1.54, 1.807) is 24.3 Å². The van der Waals surface area contributed by atoms with Crippen molar-refractivity contribution in [1.29, 1.82) is 10.5 Å². The van der Waals surface area contributed by atoms with Crippen LogP contribution in [-0.4, -0.2) is 14.5 Å². The highest BCUT2D eigenvalue weighted by Crippen LogP contribution is 2.23. The molecule has 1 aliphatic rings. The Morgan fingerprint density at radius 1 is 1.30 bits per heavy atom. The molecule has 1 aromatic carbocycles. The third-order valence-corrected chi connectivity index (χ3v) is 4.19. The molecule has 102 valence electrons. The second-order valence-electron chi connectivity index (χ2n) is 4.35. The predicted molar refractivity (Wildman–Crippen MR) is 72.7 cm³/mol. The average molecular weight is 288 g/mol. The van der Waals surface area contributed by atoms with Crippen LogP contribution in [0, 0.1) is 22.7 Å². The van der Waals surface area contributed by atoms with Gasteiger partial charge >= 0.3 is 0 Å². The molecule has 0 saturated heterocycles. The number of hydrogen-bond acceptors (Lipinski definition) is 5. The third-order valence-electron chi connectivity index (χ3n) is 2.67. The normalized spacial score (nSPS) is 13.9. The number of sulfonamides is 1. The minimum Gasteiger partial charge on any atom is -0.360 e. The maximum atomic E-state index is 12.0. The zero-order chi connectivity index (χ0) is 14.6. The molecule has 20 heavy (non-hydrogen) atoms. The highest BCUT2D eigenvalue weighted by atomic mass is 32.2. The van der Waals surface area contributed by atoms with E-state index in [2.05, 4.69) is 10.0 Å². The maximum Gasteiger partial charge on any atom is 0.240 e. The number of rotatable bonds is 5. The second-order valence-corrected chi connectivity index (χ2v) is 6.06. The molecule has 0 bridgehead atoms. The SMILES string of the molecule is N#CC(C#N)=CNc1cccc(S(=O)(=O)NC2CC2)c1. The molecule has 7 heteroatoms. The van der Waals surface area contributed by atoms with Crippen molar-refractivity contribution in [2.45, 2.75) is 23.8 Å². The van der Waals surface area contributed by atoms with Crippen molar-refractivity contribution < 1.29 is 8.42 Å². The van der Waals surface area contributed by atoms with Crippen LogP contribution in [0.5, 0.6) is 0 Å². The van der Waals surface area contributed by atoms with E-state index < -0.39 is 10.0 Å². The molecule has 1 saturated carbocycles. The third kappa shape index (κ3) is 3.58. The van der Waals surface area contributed by atoms with Crippen LogP contribution >= 0.6 is 0 Å². The Bertz CT molecular complexity index is 705. The molecule has 2 N–H and O–H groups in total. The molecule has 0 spiro atoms. The molecule has 0 atom stereocenters. The first-order valence-electron chi connectivity index (χ1n) is 5.94. The van der Waals surface area contributed by atoms with Gasteiger partial charge in [0.05, 0.1) is 4.90 Å². The monoisotopic (exact) mass is 288 g/mol. The van der Waals surface area contributed by atoms with Crippen LogP contribution in [0.15, 0.2) is 40.9 Å². The smallest absolute Gasteiger partial charge is 0.240 e. The highest BCUT2D eigenvalue weighted by Gasteiger charge is 2.27. The molecule has 1 aromatic rings. The standard InChI is InChI=1S/C13H12N4O2S/c14-7-10(8-15)9-16-12-2-1-3-13(6-12)20(18,19)17-11-4-5-11/h1-3,6,9,11,16-17H,4-5H2. The Balaban J connectivity index is 2.18. The van der Waals surface area contributed by atoms with Gasteiger partial charge in [0, 0.05) is 17.9 Å². The molecule has 1 fully saturated rings. The van der Waals surface area contributed by atoms with Crippen LogP contribution in [0.3, 0.4) is 0 Å². The average Bonchev–Trinajstić information content (AvgIpc) is 3.23. The fraction of sp³-hybridized carbons (Fsp3) is 0.231. The molecular weight excluding hydrogens is 276 g/mol. The van der Waals surface area contributed by atoms with Gasteiger partial charge in [-0.2, -0.15) is 10.5 Å². The van der Waals surface area contributed by atoms with E-state index in [-0.39, 0.29) is 16.5 Å². The van der Waals surface area contributed by atoms with Crippen LogP contribution in [0.1, 0.15) is 12.8 Å². The van der Waals surface area contributed by atoms with Crippen molar-refractivity contribution in [3.63, 3.8) is 0 Å². The summed E-state index contributed by atoms with van der Waals surface area (Å²) < 4.78 is 26.6. The number of nitriles is 2. The molecule has 0 radical (unpaired) electrons. The number of nitrogens with zero attached hydrogens (tertiary/aromatic N) is 2. The quantitative estimate of drug-likeness (QED) is 0.798. The number of hydrogen-bond donors (Lipinski definition) is 2. The van der Waals surface area contributed by atoms with E-state index in [0.717, 1.165) is 12.8 Å². The molecule has 0 heterocycles. The lowest BCUT2D eigenvalue weighted by Gasteiger charge is -2.07. The summed E-state index contributed by atoms with van der Waals surface area (Å²) in [7, 11) is -3.51. The van der Waals surface area contributed by atoms with Gasteiger partial charge in [-0.25, -0.2) is 13.1 Å². The fourth-order valence-electron chi connectivity index (χ4n) is 1.49. The van der Waals surface area contributed by atoms with Gasteiger partial charge in [0.15, 0.2) is 0 Å². The number of benzene rings is 1. The van der Waals surface area contributed by atoms with Gasteiger partial charge in [-0.15, -0.1) is 0 Å². The van der Waals surface area contributed by atoms with E-state index in [9.17, 15) is 8.42 Å². The van der Waals surface area contributed by atoms with Crippen LogP contribution < -0.4 is 10.0 Å². The number of allylic oxidation sites excluding steroid dienone is 1. The summed E-state index contributed by atoms with van der Waals surface area (Å²) in [6, 6.07) is 9.65. The lowest BCUT2D eigenvalue weighted by molar-refractivity contribution is 0.581. The summed E-state index contributed by atoms with van der Waals surface area (Å²) in [5.41, 5.74) is 0.404. The topological polar surface area (TPSA) is 106 Å². The zero-order valence-corrected chi connectivity index (χ0v) is 11.3. The first kappa shape index (κ1) is 14.1. The molecule has 0 amide bonds. The van der Waals surface area contributed by atoms with Gasteiger partial charge in [-0.05, 0) is 31.0 Å². The van der Waals surface area contributed by atoms with Crippen LogP contribution in [0.4, 0.5) is 5.69 Å². The van der Waals surface area contributed by atoms with Crippen molar-refractivity contribution in [1.82, 2.24) is 4.72 Å². The van der Waals surface area contributed by atoms with Gasteiger partial charge in [-0.3, -0.25) is 0 Å². The van der Waals surface area contributed by atoms with Gasteiger partial charge in [0.1, 0.15) is 17.7 Å². The molecule has 1 aliphatic carbocycles. The first-order chi connectivity index (χ1) is 9.55.